The molecule has 0 aromatic heterocycles. The minimum Gasteiger partial charge on any atom is -0.488 e. The first kappa shape index (κ1) is 20.9. The zero-order chi connectivity index (χ0) is 22.0. The number of carbonyl (C=O) groups is 1. The van der Waals surface area contributed by atoms with Gasteiger partial charge in [0.2, 0.25) is 0 Å². The topological polar surface area (TPSA) is 59.9 Å². The molecule has 4 aromatic carbocycles. The van der Waals surface area contributed by atoms with E-state index in [4.69, 9.17) is 9.47 Å². The number of hydrogen-bond acceptors (Lipinski definition) is 4. The van der Waals surface area contributed by atoms with E-state index in [-0.39, 0.29) is 5.91 Å². The Morgan fingerprint density at radius 1 is 0.781 bits per heavy atom. The molecule has 0 saturated heterocycles. The number of para-hydroxylation sites is 2. The van der Waals surface area contributed by atoms with Crippen LogP contribution in [0, 0.1) is 0 Å². The number of nitrogens with zero attached hydrogens (tertiary/aromatic N) is 1. The van der Waals surface area contributed by atoms with Gasteiger partial charge in [-0.2, -0.15) is 5.10 Å². The monoisotopic (exact) mass is 422 g/mol. The minimum atomic E-state index is -0.346. The molecule has 0 saturated carbocycles. The summed E-state index contributed by atoms with van der Waals surface area (Å²) in [5.41, 5.74) is 4.81. The van der Waals surface area contributed by atoms with Crippen molar-refractivity contribution in [1.82, 2.24) is 5.43 Å². The average molecular weight is 422 g/mol. The minimum absolute atomic E-state index is 0.346. The second kappa shape index (κ2) is 10.6. The Morgan fingerprint density at radius 3 is 2.28 bits per heavy atom. The zero-order valence-electron chi connectivity index (χ0n) is 17.3. The van der Waals surface area contributed by atoms with Gasteiger partial charge in [0.1, 0.15) is 23.9 Å². The summed E-state index contributed by atoms with van der Waals surface area (Å²) in [7, 11) is 0. The number of nitrogens with one attached hydrogen (secondary N) is 1. The molecule has 4 aromatic rings. The van der Waals surface area contributed by atoms with Crippen LogP contribution in [0.2, 0.25) is 0 Å². The lowest BCUT2D eigenvalue weighted by molar-refractivity contribution is 0.0950. The first-order valence-corrected chi connectivity index (χ1v) is 10.2. The van der Waals surface area contributed by atoms with Crippen molar-refractivity contribution in [3.63, 3.8) is 0 Å². The van der Waals surface area contributed by atoms with Gasteiger partial charge in [0, 0.05) is 0 Å². The number of carbonyl (C=O) groups excluding carboxylic acids is 1. The quantitative estimate of drug-likeness (QED) is 0.287. The van der Waals surface area contributed by atoms with Gasteiger partial charge in [-0.05, 0) is 47.5 Å². The van der Waals surface area contributed by atoms with Crippen LogP contribution in [0.3, 0.4) is 0 Å². The SMILES string of the molecule is O=C(N/N=C/c1cccc(Oc2ccccc2)c1)c1ccccc1OCc1ccccc1. The van der Waals surface area contributed by atoms with Crippen molar-refractivity contribution in [3.05, 3.63) is 126 Å². The van der Waals surface area contributed by atoms with Gasteiger partial charge >= 0.3 is 0 Å². The number of benzene rings is 4. The molecule has 1 N–H and O–H groups in total. The van der Waals surface area contributed by atoms with Crippen LogP contribution in [-0.4, -0.2) is 12.1 Å². The fourth-order valence-electron chi connectivity index (χ4n) is 3.02. The highest BCUT2D eigenvalue weighted by Gasteiger charge is 2.11. The average Bonchev–Trinajstić information content (AvgIpc) is 2.84. The number of amides is 1. The van der Waals surface area contributed by atoms with Gasteiger partial charge < -0.3 is 9.47 Å². The first-order valence-electron chi connectivity index (χ1n) is 10.2. The molecule has 5 nitrogen and oxygen atoms in total. The van der Waals surface area contributed by atoms with E-state index in [1.54, 1.807) is 24.4 Å². The molecule has 158 valence electrons. The Morgan fingerprint density at radius 2 is 1.47 bits per heavy atom. The molecule has 0 aliphatic carbocycles. The van der Waals surface area contributed by atoms with Gasteiger partial charge in [0.25, 0.3) is 5.91 Å². The molecular formula is C27H22N2O3. The van der Waals surface area contributed by atoms with E-state index in [1.807, 2.05) is 91.0 Å². The molecule has 1 amide bonds. The fraction of sp³-hybridized carbons (Fsp3) is 0.0370. The van der Waals surface area contributed by atoms with Crippen LogP contribution in [0.5, 0.6) is 17.2 Å². The van der Waals surface area contributed by atoms with E-state index >= 15 is 0 Å². The van der Waals surface area contributed by atoms with Crippen molar-refractivity contribution >= 4 is 12.1 Å². The van der Waals surface area contributed by atoms with Crippen molar-refractivity contribution in [2.75, 3.05) is 0 Å². The van der Waals surface area contributed by atoms with Crippen LogP contribution >= 0.6 is 0 Å². The molecule has 0 spiro atoms. The van der Waals surface area contributed by atoms with Gasteiger partial charge in [-0.1, -0.05) is 72.8 Å². The third-order valence-corrected chi connectivity index (χ3v) is 4.59. The van der Waals surface area contributed by atoms with Gasteiger partial charge in [0.15, 0.2) is 0 Å². The lowest BCUT2D eigenvalue weighted by Crippen LogP contribution is -2.18. The molecule has 0 heterocycles. The summed E-state index contributed by atoms with van der Waals surface area (Å²) in [6, 6.07) is 33.9. The zero-order valence-corrected chi connectivity index (χ0v) is 17.3. The Balaban J connectivity index is 1.38. The van der Waals surface area contributed by atoms with Gasteiger partial charge in [-0.25, -0.2) is 5.43 Å². The summed E-state index contributed by atoms with van der Waals surface area (Å²) in [6.07, 6.45) is 1.57. The molecule has 0 unspecified atom stereocenters. The number of hydrazone groups is 1. The van der Waals surface area contributed by atoms with Crippen molar-refractivity contribution in [2.45, 2.75) is 6.61 Å². The lowest BCUT2D eigenvalue weighted by Gasteiger charge is -2.10. The third-order valence-electron chi connectivity index (χ3n) is 4.59. The maximum atomic E-state index is 12.6. The summed E-state index contributed by atoms with van der Waals surface area (Å²) in [4.78, 5) is 12.6. The van der Waals surface area contributed by atoms with Crippen molar-refractivity contribution in [2.24, 2.45) is 5.10 Å². The molecule has 0 aliphatic heterocycles. The smallest absolute Gasteiger partial charge is 0.275 e. The highest BCUT2D eigenvalue weighted by Crippen LogP contribution is 2.21. The van der Waals surface area contributed by atoms with Crippen LogP contribution in [0.25, 0.3) is 0 Å². The van der Waals surface area contributed by atoms with Crippen LogP contribution in [-0.2, 0) is 6.61 Å². The van der Waals surface area contributed by atoms with Gasteiger partial charge in [0.05, 0.1) is 11.8 Å². The maximum Gasteiger partial charge on any atom is 0.275 e. The molecule has 0 fully saturated rings. The molecular weight excluding hydrogens is 400 g/mol. The molecule has 0 atom stereocenters. The van der Waals surface area contributed by atoms with Gasteiger partial charge in [-0.15, -0.1) is 0 Å². The molecule has 5 heteroatoms. The predicted molar refractivity (Wildman–Crippen MR) is 125 cm³/mol. The Bertz CT molecular complexity index is 1190. The normalized spacial score (nSPS) is 10.6. The van der Waals surface area contributed by atoms with Gasteiger partial charge in [-0.3, -0.25) is 4.79 Å². The molecule has 0 radical (unpaired) electrons. The summed E-state index contributed by atoms with van der Waals surface area (Å²) in [5, 5.41) is 4.09. The molecule has 32 heavy (non-hydrogen) atoms. The fourth-order valence-corrected chi connectivity index (χ4v) is 3.02. The van der Waals surface area contributed by atoms with Crippen molar-refractivity contribution in [3.8, 4) is 17.2 Å². The van der Waals surface area contributed by atoms with Crippen LogP contribution in [0.4, 0.5) is 0 Å². The van der Waals surface area contributed by atoms with Crippen molar-refractivity contribution < 1.29 is 14.3 Å². The summed E-state index contributed by atoms with van der Waals surface area (Å²) in [6.45, 7) is 0.378. The molecule has 0 bridgehead atoms. The van der Waals surface area contributed by atoms with E-state index < -0.39 is 0 Å². The third kappa shape index (κ3) is 5.83. The van der Waals surface area contributed by atoms with Crippen LogP contribution < -0.4 is 14.9 Å². The summed E-state index contributed by atoms with van der Waals surface area (Å²) in [5.74, 6) is 1.59. The molecule has 4 rings (SSSR count). The predicted octanol–water partition coefficient (Wildman–Crippen LogP) is 5.82. The number of ether oxygens (including phenoxy) is 2. The standard InChI is InChI=1S/C27H22N2O3/c30-27(25-16-7-8-17-26(25)31-20-21-10-3-1-4-11-21)29-28-19-22-12-9-15-24(18-22)32-23-13-5-2-6-14-23/h1-19H,20H2,(H,29,30)/b28-19+. The van der Waals surface area contributed by atoms with Crippen LogP contribution in [0.15, 0.2) is 114 Å². The first-order chi connectivity index (χ1) is 15.8. The Hall–Kier alpha value is -4.38. The maximum absolute atomic E-state index is 12.6. The van der Waals surface area contributed by atoms with E-state index in [0.717, 1.165) is 16.9 Å². The largest absolute Gasteiger partial charge is 0.488 e. The Kier molecular flexibility index (Phi) is 6.91. The Labute approximate surface area is 187 Å². The van der Waals surface area contributed by atoms with E-state index in [1.165, 1.54) is 0 Å². The lowest BCUT2D eigenvalue weighted by atomic mass is 10.2. The van der Waals surface area contributed by atoms with E-state index in [2.05, 4.69) is 10.5 Å². The second-order valence-corrected chi connectivity index (χ2v) is 6.96. The number of hydrogen-bond donors (Lipinski definition) is 1. The highest BCUT2D eigenvalue weighted by molar-refractivity contribution is 5.97. The number of rotatable bonds is 8. The van der Waals surface area contributed by atoms with E-state index in [0.29, 0.717) is 23.7 Å². The molecule has 0 aliphatic rings. The van der Waals surface area contributed by atoms with E-state index in [9.17, 15) is 4.79 Å². The second-order valence-electron chi connectivity index (χ2n) is 6.96. The highest BCUT2D eigenvalue weighted by atomic mass is 16.5. The summed E-state index contributed by atoms with van der Waals surface area (Å²) < 4.78 is 11.7. The summed E-state index contributed by atoms with van der Waals surface area (Å²) >= 11 is 0. The van der Waals surface area contributed by atoms with Crippen LogP contribution in [0.1, 0.15) is 21.5 Å². The van der Waals surface area contributed by atoms with Crippen molar-refractivity contribution in [1.29, 1.82) is 0 Å².